The van der Waals surface area contributed by atoms with Gasteiger partial charge in [0.2, 0.25) is 0 Å². The largest absolute Gasteiger partial charge is 0.478 e. The highest BCUT2D eigenvalue weighted by molar-refractivity contribution is 6.42. The summed E-state index contributed by atoms with van der Waals surface area (Å²) in [6.45, 7) is 0. The van der Waals surface area contributed by atoms with Gasteiger partial charge in [-0.15, -0.1) is 0 Å². The lowest BCUT2D eigenvalue weighted by atomic mass is 10.2. The topological polar surface area (TPSA) is 62.2 Å². The van der Waals surface area contributed by atoms with Crippen LogP contribution in [-0.2, 0) is 0 Å². The van der Waals surface area contributed by atoms with E-state index in [1.54, 1.807) is 18.2 Å². The Balaban J connectivity index is 2.28. The Morgan fingerprint density at radius 3 is 2.42 bits per heavy atom. The average Bonchev–Trinajstić information content (AvgIpc) is 2.36. The first-order chi connectivity index (χ1) is 8.97. The van der Waals surface area contributed by atoms with Crippen LogP contribution in [0.15, 0.2) is 30.5 Å². The summed E-state index contributed by atoms with van der Waals surface area (Å²) in [5.41, 5.74) is 0.663. The Hall–Kier alpha value is -1.49. The number of hydrogen-bond donors (Lipinski definition) is 2. The van der Waals surface area contributed by atoms with Crippen LogP contribution in [0.3, 0.4) is 0 Å². The van der Waals surface area contributed by atoms with Gasteiger partial charge in [0.15, 0.2) is 0 Å². The van der Waals surface area contributed by atoms with Crippen molar-refractivity contribution in [2.45, 2.75) is 0 Å². The Bertz CT molecular complexity index is 647. The number of benzene rings is 1. The third kappa shape index (κ3) is 3.29. The van der Waals surface area contributed by atoms with E-state index >= 15 is 0 Å². The molecule has 4 nitrogen and oxygen atoms in total. The van der Waals surface area contributed by atoms with Crippen LogP contribution in [0.2, 0.25) is 15.1 Å². The van der Waals surface area contributed by atoms with Crippen LogP contribution in [0.5, 0.6) is 0 Å². The quantitative estimate of drug-likeness (QED) is 0.876. The molecule has 0 aliphatic heterocycles. The molecule has 2 N–H and O–H groups in total. The number of carbonyl (C=O) groups is 1. The maximum Gasteiger partial charge on any atom is 0.337 e. The van der Waals surface area contributed by atoms with E-state index in [1.165, 1.54) is 12.3 Å². The fourth-order valence-electron chi connectivity index (χ4n) is 1.36. The van der Waals surface area contributed by atoms with Crippen molar-refractivity contribution >= 4 is 52.3 Å². The van der Waals surface area contributed by atoms with Crippen LogP contribution >= 0.6 is 34.8 Å². The van der Waals surface area contributed by atoms with Crippen molar-refractivity contribution in [3.8, 4) is 0 Å². The normalized spacial score (nSPS) is 10.3. The molecule has 0 fully saturated rings. The Kier molecular flexibility index (Phi) is 4.14. The molecule has 2 rings (SSSR count). The monoisotopic (exact) mass is 316 g/mol. The molecule has 19 heavy (non-hydrogen) atoms. The maximum atomic E-state index is 10.8. The summed E-state index contributed by atoms with van der Waals surface area (Å²) in [6, 6.07) is 6.27. The van der Waals surface area contributed by atoms with Gasteiger partial charge in [-0.2, -0.15) is 0 Å². The van der Waals surface area contributed by atoms with Crippen molar-refractivity contribution in [2.24, 2.45) is 0 Å². The zero-order valence-corrected chi connectivity index (χ0v) is 11.6. The number of carboxylic acids is 1. The van der Waals surface area contributed by atoms with Crippen LogP contribution < -0.4 is 5.32 Å². The molecular formula is C12H7Cl3N2O2. The molecular weight excluding hydrogens is 311 g/mol. The zero-order chi connectivity index (χ0) is 14.0. The molecule has 0 spiro atoms. The number of hydrogen-bond acceptors (Lipinski definition) is 3. The number of anilines is 2. The highest BCUT2D eigenvalue weighted by atomic mass is 35.5. The van der Waals surface area contributed by atoms with Gasteiger partial charge >= 0.3 is 5.97 Å². The van der Waals surface area contributed by atoms with Crippen molar-refractivity contribution < 1.29 is 9.90 Å². The highest BCUT2D eigenvalue weighted by Gasteiger charge is 2.09. The molecule has 98 valence electrons. The number of halogens is 3. The number of rotatable bonds is 3. The lowest BCUT2D eigenvalue weighted by Gasteiger charge is -2.08. The molecule has 1 aromatic heterocycles. The smallest absolute Gasteiger partial charge is 0.337 e. The SMILES string of the molecule is O=C(O)c1cnc(Nc2ccc(Cl)c(Cl)c2)c(Cl)c1. The van der Waals surface area contributed by atoms with Crippen LogP contribution in [0.4, 0.5) is 11.5 Å². The number of nitrogens with one attached hydrogen (secondary N) is 1. The first-order valence-corrected chi connectivity index (χ1v) is 6.21. The molecule has 0 radical (unpaired) electrons. The minimum absolute atomic E-state index is 0.0182. The highest BCUT2D eigenvalue weighted by Crippen LogP contribution is 2.29. The third-order valence-electron chi connectivity index (χ3n) is 2.27. The van der Waals surface area contributed by atoms with Gasteiger partial charge in [0.05, 0.1) is 20.6 Å². The fraction of sp³-hybridized carbons (Fsp3) is 0. The molecule has 0 amide bonds. The van der Waals surface area contributed by atoms with Gasteiger partial charge < -0.3 is 10.4 Å². The molecule has 0 saturated carbocycles. The second-order valence-corrected chi connectivity index (χ2v) is 4.84. The van der Waals surface area contributed by atoms with Crippen LogP contribution in [0.25, 0.3) is 0 Å². The van der Waals surface area contributed by atoms with E-state index in [-0.39, 0.29) is 10.6 Å². The van der Waals surface area contributed by atoms with E-state index in [1.807, 2.05) is 0 Å². The van der Waals surface area contributed by atoms with Crippen molar-refractivity contribution in [2.75, 3.05) is 5.32 Å². The summed E-state index contributed by atoms with van der Waals surface area (Å²) in [4.78, 5) is 14.7. The Labute approximate surface area is 123 Å². The van der Waals surface area contributed by atoms with E-state index in [9.17, 15) is 4.79 Å². The van der Waals surface area contributed by atoms with E-state index in [0.29, 0.717) is 21.6 Å². The van der Waals surface area contributed by atoms with E-state index < -0.39 is 5.97 Å². The second-order valence-electron chi connectivity index (χ2n) is 3.61. The Morgan fingerprint density at radius 1 is 1.11 bits per heavy atom. The van der Waals surface area contributed by atoms with Crippen LogP contribution in [-0.4, -0.2) is 16.1 Å². The van der Waals surface area contributed by atoms with Crippen molar-refractivity contribution in [1.82, 2.24) is 4.98 Å². The molecule has 0 bridgehead atoms. The van der Waals surface area contributed by atoms with E-state index in [0.717, 1.165) is 0 Å². The summed E-state index contributed by atoms with van der Waals surface area (Å²) < 4.78 is 0. The molecule has 0 unspecified atom stereocenters. The van der Waals surface area contributed by atoms with Crippen LogP contribution in [0, 0.1) is 0 Å². The molecule has 0 aliphatic carbocycles. The number of nitrogens with zero attached hydrogens (tertiary/aromatic N) is 1. The van der Waals surface area contributed by atoms with Gasteiger partial charge in [0, 0.05) is 11.9 Å². The third-order valence-corrected chi connectivity index (χ3v) is 3.30. The number of aromatic nitrogens is 1. The van der Waals surface area contributed by atoms with E-state index in [2.05, 4.69) is 10.3 Å². The first-order valence-electron chi connectivity index (χ1n) is 5.08. The fourth-order valence-corrected chi connectivity index (χ4v) is 1.87. The summed E-state index contributed by atoms with van der Waals surface area (Å²) in [5, 5.41) is 12.8. The van der Waals surface area contributed by atoms with Crippen LogP contribution in [0.1, 0.15) is 10.4 Å². The second kappa shape index (κ2) is 5.65. The summed E-state index contributed by atoms with van der Waals surface area (Å²) in [7, 11) is 0. The van der Waals surface area contributed by atoms with Gasteiger partial charge in [-0.3, -0.25) is 0 Å². The lowest BCUT2D eigenvalue weighted by Crippen LogP contribution is -2.00. The summed E-state index contributed by atoms with van der Waals surface area (Å²) >= 11 is 17.6. The summed E-state index contributed by atoms with van der Waals surface area (Å²) in [6.07, 6.45) is 1.22. The molecule has 2 aromatic rings. The van der Waals surface area contributed by atoms with Crippen molar-refractivity contribution in [1.29, 1.82) is 0 Å². The van der Waals surface area contributed by atoms with Crippen molar-refractivity contribution in [3.63, 3.8) is 0 Å². The standard InChI is InChI=1S/C12H7Cl3N2O2/c13-8-2-1-7(4-9(8)14)17-11-10(15)3-6(5-16-11)12(18)19/h1-5H,(H,16,17)(H,18,19). The predicted octanol–water partition coefficient (Wildman–Crippen LogP) is 4.48. The number of carboxylic acid groups (broad SMARTS) is 1. The molecule has 1 heterocycles. The van der Waals surface area contributed by atoms with Gasteiger partial charge in [-0.25, -0.2) is 9.78 Å². The molecule has 0 atom stereocenters. The Morgan fingerprint density at radius 2 is 1.84 bits per heavy atom. The van der Waals surface area contributed by atoms with E-state index in [4.69, 9.17) is 39.9 Å². The van der Waals surface area contributed by atoms with Gasteiger partial charge in [0.25, 0.3) is 0 Å². The molecule has 1 aromatic carbocycles. The van der Waals surface area contributed by atoms with Gasteiger partial charge in [0.1, 0.15) is 5.82 Å². The predicted molar refractivity (Wildman–Crippen MR) is 76.0 cm³/mol. The molecule has 0 aliphatic rings. The number of pyridine rings is 1. The zero-order valence-electron chi connectivity index (χ0n) is 9.32. The summed E-state index contributed by atoms with van der Waals surface area (Å²) in [5.74, 6) is -0.749. The van der Waals surface area contributed by atoms with Gasteiger partial charge in [-0.1, -0.05) is 34.8 Å². The molecule has 0 saturated heterocycles. The van der Waals surface area contributed by atoms with Gasteiger partial charge in [-0.05, 0) is 24.3 Å². The number of aromatic carboxylic acids is 1. The lowest BCUT2D eigenvalue weighted by molar-refractivity contribution is 0.0696. The first kappa shape index (κ1) is 13.9. The van der Waals surface area contributed by atoms with Crippen molar-refractivity contribution in [3.05, 3.63) is 51.1 Å². The minimum Gasteiger partial charge on any atom is -0.478 e. The maximum absolute atomic E-state index is 10.8. The molecule has 7 heteroatoms. The minimum atomic E-state index is -1.09. The average molecular weight is 318 g/mol.